The molecule has 0 spiro atoms. The van der Waals surface area contributed by atoms with Crippen LogP contribution < -0.4 is 10.6 Å². The molecule has 1 aromatic carbocycles. The first-order valence-corrected chi connectivity index (χ1v) is 7.74. The van der Waals surface area contributed by atoms with E-state index in [9.17, 15) is 0 Å². The molecule has 0 radical (unpaired) electrons. The summed E-state index contributed by atoms with van der Waals surface area (Å²) in [6.07, 6.45) is 6.28. The Balaban J connectivity index is 1.97. The third-order valence-corrected chi connectivity index (χ3v) is 4.95. The maximum absolute atomic E-state index is 6.20. The van der Waals surface area contributed by atoms with Crippen molar-refractivity contribution in [2.75, 3.05) is 4.90 Å². The molecule has 0 amide bonds. The molecule has 3 heteroatoms. The molecule has 2 fully saturated rings. The van der Waals surface area contributed by atoms with E-state index in [1.54, 1.807) is 0 Å². The summed E-state index contributed by atoms with van der Waals surface area (Å²) in [5, 5.41) is 0. The first kappa shape index (κ1) is 12.5. The Morgan fingerprint density at radius 1 is 1.22 bits per heavy atom. The monoisotopic (exact) mass is 308 g/mol. The summed E-state index contributed by atoms with van der Waals surface area (Å²) in [6.45, 7) is 2.21. The van der Waals surface area contributed by atoms with Gasteiger partial charge in [-0.15, -0.1) is 0 Å². The molecule has 2 heterocycles. The van der Waals surface area contributed by atoms with Crippen LogP contribution in [0.25, 0.3) is 0 Å². The van der Waals surface area contributed by atoms with Gasteiger partial charge in [0.15, 0.2) is 0 Å². The van der Waals surface area contributed by atoms with Gasteiger partial charge in [0.25, 0.3) is 0 Å². The summed E-state index contributed by atoms with van der Waals surface area (Å²) >= 11 is 3.60. The maximum Gasteiger partial charge on any atom is 0.0412 e. The lowest BCUT2D eigenvalue weighted by atomic mass is 9.81. The van der Waals surface area contributed by atoms with Crippen LogP contribution in [-0.4, -0.2) is 18.1 Å². The molecule has 98 valence electrons. The van der Waals surface area contributed by atoms with Crippen molar-refractivity contribution >= 4 is 21.6 Å². The molecule has 0 aliphatic carbocycles. The predicted octanol–water partition coefficient (Wildman–Crippen LogP) is 3.61. The minimum atomic E-state index is 0.406. The quantitative estimate of drug-likeness (QED) is 0.859. The molecule has 3 rings (SSSR count). The first-order chi connectivity index (χ1) is 8.65. The smallest absolute Gasteiger partial charge is 0.0412 e. The number of fused-ring (bicyclic) bond motifs is 2. The van der Waals surface area contributed by atoms with Crippen LogP contribution in [0.4, 0.5) is 5.69 Å². The second-order valence-corrected chi connectivity index (χ2v) is 6.72. The average Bonchev–Trinajstić information content (AvgIpc) is 2.31. The summed E-state index contributed by atoms with van der Waals surface area (Å²) in [5.41, 5.74) is 8.99. The van der Waals surface area contributed by atoms with E-state index in [0.717, 1.165) is 12.8 Å². The van der Waals surface area contributed by atoms with Crippen LogP contribution in [0.5, 0.6) is 0 Å². The molecule has 0 saturated carbocycles. The molecule has 2 nitrogen and oxygen atoms in total. The number of rotatable bonds is 1. The standard InChI is InChI=1S/C15H21BrN2/c1-10-5-6-11(16)7-15(10)18-13-3-2-4-14(18)9-12(17)8-13/h5-7,12-14H,2-4,8-9,17H2,1H3. The normalized spacial score (nSPS) is 31.5. The topological polar surface area (TPSA) is 29.3 Å². The third-order valence-electron chi connectivity index (χ3n) is 4.46. The fourth-order valence-corrected chi connectivity index (χ4v) is 4.03. The Morgan fingerprint density at radius 3 is 2.56 bits per heavy atom. The van der Waals surface area contributed by atoms with Crippen LogP contribution in [0.3, 0.4) is 0 Å². The summed E-state index contributed by atoms with van der Waals surface area (Å²) in [7, 11) is 0. The van der Waals surface area contributed by atoms with Crippen molar-refractivity contribution in [3.05, 3.63) is 28.2 Å². The van der Waals surface area contributed by atoms with E-state index in [1.807, 2.05) is 0 Å². The largest absolute Gasteiger partial charge is 0.365 e. The molecule has 2 N–H and O–H groups in total. The number of aryl methyl sites for hydroxylation is 1. The van der Waals surface area contributed by atoms with Gasteiger partial charge in [-0.2, -0.15) is 0 Å². The molecule has 2 bridgehead atoms. The first-order valence-electron chi connectivity index (χ1n) is 6.95. The summed E-state index contributed by atoms with van der Waals surface area (Å²) in [5.74, 6) is 0. The minimum absolute atomic E-state index is 0.406. The van der Waals surface area contributed by atoms with Crippen molar-refractivity contribution in [3.63, 3.8) is 0 Å². The van der Waals surface area contributed by atoms with Crippen LogP contribution >= 0.6 is 15.9 Å². The average molecular weight is 309 g/mol. The van der Waals surface area contributed by atoms with E-state index in [-0.39, 0.29) is 0 Å². The van der Waals surface area contributed by atoms with Crippen molar-refractivity contribution in [1.82, 2.24) is 0 Å². The van der Waals surface area contributed by atoms with Crippen molar-refractivity contribution < 1.29 is 0 Å². The van der Waals surface area contributed by atoms with E-state index in [2.05, 4.69) is 46.0 Å². The Kier molecular flexibility index (Phi) is 3.37. The number of hydrogen-bond acceptors (Lipinski definition) is 2. The van der Waals surface area contributed by atoms with Gasteiger partial charge in [0.1, 0.15) is 0 Å². The zero-order valence-corrected chi connectivity index (χ0v) is 12.5. The fourth-order valence-electron chi connectivity index (χ4n) is 3.68. The number of piperidine rings is 2. The van der Waals surface area contributed by atoms with Gasteiger partial charge in [-0.25, -0.2) is 0 Å². The van der Waals surface area contributed by atoms with Gasteiger partial charge >= 0.3 is 0 Å². The molecular weight excluding hydrogens is 288 g/mol. The van der Waals surface area contributed by atoms with E-state index < -0.39 is 0 Å². The molecule has 2 aliphatic rings. The molecule has 2 atom stereocenters. The van der Waals surface area contributed by atoms with Crippen molar-refractivity contribution in [3.8, 4) is 0 Å². The number of anilines is 1. The Morgan fingerprint density at radius 2 is 1.89 bits per heavy atom. The summed E-state index contributed by atoms with van der Waals surface area (Å²) in [6, 6.07) is 8.33. The van der Waals surface area contributed by atoms with E-state index in [4.69, 9.17) is 5.73 Å². The summed E-state index contributed by atoms with van der Waals surface area (Å²) in [4.78, 5) is 2.66. The van der Waals surface area contributed by atoms with Gasteiger partial charge in [0.2, 0.25) is 0 Å². The van der Waals surface area contributed by atoms with Gasteiger partial charge in [-0.1, -0.05) is 22.0 Å². The van der Waals surface area contributed by atoms with E-state index in [0.29, 0.717) is 18.1 Å². The minimum Gasteiger partial charge on any atom is -0.365 e. The van der Waals surface area contributed by atoms with Crippen LogP contribution in [0.15, 0.2) is 22.7 Å². The lowest BCUT2D eigenvalue weighted by Gasteiger charge is -2.50. The summed E-state index contributed by atoms with van der Waals surface area (Å²) < 4.78 is 1.18. The Bertz CT molecular complexity index is 432. The Labute approximate surface area is 118 Å². The highest BCUT2D eigenvalue weighted by atomic mass is 79.9. The fraction of sp³-hybridized carbons (Fsp3) is 0.600. The van der Waals surface area contributed by atoms with Crippen molar-refractivity contribution in [2.45, 2.75) is 57.2 Å². The lowest BCUT2D eigenvalue weighted by molar-refractivity contribution is 0.271. The molecule has 1 aromatic rings. The highest BCUT2D eigenvalue weighted by molar-refractivity contribution is 9.10. The van der Waals surface area contributed by atoms with Crippen molar-refractivity contribution in [1.29, 1.82) is 0 Å². The lowest BCUT2D eigenvalue weighted by Crippen LogP contribution is -2.55. The van der Waals surface area contributed by atoms with Crippen LogP contribution in [-0.2, 0) is 0 Å². The van der Waals surface area contributed by atoms with Gasteiger partial charge in [-0.05, 0) is 56.7 Å². The second-order valence-electron chi connectivity index (χ2n) is 5.81. The maximum atomic E-state index is 6.20. The molecule has 2 saturated heterocycles. The van der Waals surface area contributed by atoms with Gasteiger partial charge in [0, 0.05) is 28.3 Å². The van der Waals surface area contributed by atoms with E-state index >= 15 is 0 Å². The zero-order chi connectivity index (χ0) is 12.7. The number of nitrogens with two attached hydrogens (primary N) is 1. The van der Waals surface area contributed by atoms with Gasteiger partial charge < -0.3 is 10.6 Å². The molecular formula is C15H21BrN2. The molecule has 2 aliphatic heterocycles. The van der Waals surface area contributed by atoms with E-state index in [1.165, 1.54) is 35.0 Å². The SMILES string of the molecule is Cc1ccc(Br)cc1N1C2CCCC1CC(N)C2. The van der Waals surface area contributed by atoms with Crippen LogP contribution in [0.2, 0.25) is 0 Å². The zero-order valence-electron chi connectivity index (χ0n) is 10.9. The number of benzene rings is 1. The van der Waals surface area contributed by atoms with Crippen LogP contribution in [0, 0.1) is 6.92 Å². The predicted molar refractivity (Wildman–Crippen MR) is 80.0 cm³/mol. The Hall–Kier alpha value is -0.540. The molecule has 0 aromatic heterocycles. The highest BCUT2D eigenvalue weighted by Gasteiger charge is 2.37. The van der Waals surface area contributed by atoms with Gasteiger partial charge in [-0.3, -0.25) is 0 Å². The molecule has 2 unspecified atom stereocenters. The number of nitrogens with zero attached hydrogens (tertiary/aromatic N) is 1. The highest BCUT2D eigenvalue weighted by Crippen LogP contribution is 2.39. The van der Waals surface area contributed by atoms with Gasteiger partial charge in [0.05, 0.1) is 0 Å². The number of halogens is 1. The van der Waals surface area contributed by atoms with Crippen molar-refractivity contribution in [2.24, 2.45) is 5.73 Å². The second kappa shape index (κ2) is 4.86. The number of hydrogen-bond donors (Lipinski definition) is 1. The third kappa shape index (κ3) is 2.19. The molecule has 18 heavy (non-hydrogen) atoms. The van der Waals surface area contributed by atoms with Crippen LogP contribution in [0.1, 0.15) is 37.7 Å².